The largest absolute Gasteiger partial charge is 0.341 e. The molecule has 0 radical (unpaired) electrons. The summed E-state index contributed by atoms with van der Waals surface area (Å²) in [4.78, 5) is 7.71. The van der Waals surface area contributed by atoms with Crippen molar-refractivity contribution < 1.29 is 0 Å². The maximum Gasteiger partial charge on any atom is 0.137 e. The monoisotopic (exact) mass is 341 g/mol. The van der Waals surface area contributed by atoms with Gasteiger partial charge in [-0.3, -0.25) is 0 Å². The number of halogens is 2. The van der Waals surface area contributed by atoms with Crippen LogP contribution in [-0.2, 0) is 6.54 Å². The third-order valence-electron chi connectivity index (χ3n) is 2.69. The molecule has 1 aromatic carbocycles. The normalized spacial score (nSPS) is 11.2. The summed E-state index contributed by atoms with van der Waals surface area (Å²) < 4.78 is 0.877. The number of rotatable bonds is 5. The molecule has 19 heavy (non-hydrogen) atoms. The Morgan fingerprint density at radius 1 is 1.42 bits per heavy atom. The SMILES string of the molecule is CC(C)CNCc1cnc(-c2ccc(Cl)c(Br)c2)[nH]1. The summed E-state index contributed by atoms with van der Waals surface area (Å²) in [5.74, 6) is 1.51. The van der Waals surface area contributed by atoms with Crippen LogP contribution in [0.5, 0.6) is 0 Å². The van der Waals surface area contributed by atoms with E-state index in [2.05, 4.69) is 45.1 Å². The topological polar surface area (TPSA) is 40.7 Å². The van der Waals surface area contributed by atoms with Crippen LogP contribution in [-0.4, -0.2) is 16.5 Å². The summed E-state index contributed by atoms with van der Waals surface area (Å²) in [6, 6.07) is 5.78. The van der Waals surface area contributed by atoms with Crippen LogP contribution >= 0.6 is 27.5 Å². The predicted molar refractivity (Wildman–Crippen MR) is 83.3 cm³/mol. The molecule has 1 heterocycles. The lowest BCUT2D eigenvalue weighted by Crippen LogP contribution is -2.19. The Bertz CT molecular complexity index is 551. The molecule has 0 atom stereocenters. The molecule has 102 valence electrons. The molecule has 0 saturated heterocycles. The second-order valence-corrected chi connectivity index (χ2v) is 6.17. The number of aromatic nitrogens is 2. The number of hydrogen-bond acceptors (Lipinski definition) is 2. The zero-order chi connectivity index (χ0) is 13.8. The minimum Gasteiger partial charge on any atom is -0.341 e. The van der Waals surface area contributed by atoms with Gasteiger partial charge in [0.25, 0.3) is 0 Å². The van der Waals surface area contributed by atoms with Gasteiger partial charge >= 0.3 is 0 Å². The van der Waals surface area contributed by atoms with Gasteiger partial charge in [0.05, 0.1) is 5.02 Å². The number of benzene rings is 1. The Balaban J connectivity index is 2.05. The van der Waals surface area contributed by atoms with Gasteiger partial charge in [0.1, 0.15) is 5.82 Å². The highest BCUT2D eigenvalue weighted by molar-refractivity contribution is 9.10. The molecule has 1 aromatic heterocycles. The molecule has 0 aliphatic carbocycles. The Labute approximate surface area is 126 Å². The number of H-pyrrole nitrogens is 1. The van der Waals surface area contributed by atoms with Crippen molar-refractivity contribution in [2.75, 3.05) is 6.54 Å². The van der Waals surface area contributed by atoms with E-state index in [9.17, 15) is 0 Å². The molecule has 5 heteroatoms. The van der Waals surface area contributed by atoms with Crippen molar-refractivity contribution in [1.82, 2.24) is 15.3 Å². The summed E-state index contributed by atoms with van der Waals surface area (Å²) in [7, 11) is 0. The van der Waals surface area contributed by atoms with Gasteiger partial charge in [-0.25, -0.2) is 4.98 Å². The van der Waals surface area contributed by atoms with Crippen molar-refractivity contribution >= 4 is 27.5 Å². The smallest absolute Gasteiger partial charge is 0.137 e. The second kappa shape index (κ2) is 6.55. The van der Waals surface area contributed by atoms with Crippen molar-refractivity contribution in [2.45, 2.75) is 20.4 Å². The first-order chi connectivity index (χ1) is 9.06. The summed E-state index contributed by atoms with van der Waals surface area (Å²) in [5, 5.41) is 4.09. The van der Waals surface area contributed by atoms with E-state index in [-0.39, 0.29) is 0 Å². The first-order valence-electron chi connectivity index (χ1n) is 6.26. The van der Waals surface area contributed by atoms with Gasteiger partial charge in [-0.15, -0.1) is 0 Å². The van der Waals surface area contributed by atoms with Gasteiger partial charge in [-0.2, -0.15) is 0 Å². The molecule has 2 N–H and O–H groups in total. The van der Waals surface area contributed by atoms with E-state index in [1.807, 2.05) is 24.4 Å². The maximum absolute atomic E-state index is 5.98. The Morgan fingerprint density at radius 3 is 2.89 bits per heavy atom. The molecular formula is C14H17BrClN3. The number of nitrogens with one attached hydrogen (secondary N) is 2. The van der Waals surface area contributed by atoms with Crippen LogP contribution < -0.4 is 5.32 Å². The quantitative estimate of drug-likeness (QED) is 0.853. The summed E-state index contributed by atoms with van der Waals surface area (Å²) in [5.41, 5.74) is 2.10. The highest BCUT2D eigenvalue weighted by Crippen LogP contribution is 2.27. The third-order valence-corrected chi connectivity index (χ3v) is 3.90. The maximum atomic E-state index is 5.98. The lowest BCUT2D eigenvalue weighted by molar-refractivity contribution is 0.549. The molecule has 0 bridgehead atoms. The molecule has 2 rings (SSSR count). The number of nitrogens with zero attached hydrogens (tertiary/aromatic N) is 1. The highest BCUT2D eigenvalue weighted by Gasteiger charge is 2.06. The van der Waals surface area contributed by atoms with Crippen molar-refractivity contribution in [3.05, 3.63) is 39.6 Å². The van der Waals surface area contributed by atoms with E-state index in [0.717, 1.165) is 34.6 Å². The summed E-state index contributed by atoms with van der Waals surface area (Å²) in [6.07, 6.45) is 1.87. The molecule has 0 aliphatic rings. The zero-order valence-corrected chi connectivity index (χ0v) is 13.3. The van der Waals surface area contributed by atoms with Crippen LogP contribution in [0.4, 0.5) is 0 Å². The van der Waals surface area contributed by atoms with E-state index in [1.54, 1.807) is 0 Å². The molecule has 0 spiro atoms. The van der Waals surface area contributed by atoms with Crippen molar-refractivity contribution in [2.24, 2.45) is 5.92 Å². The first kappa shape index (κ1) is 14.6. The molecule has 3 nitrogen and oxygen atoms in total. The van der Waals surface area contributed by atoms with Crippen LogP contribution in [0.2, 0.25) is 5.02 Å². The van der Waals surface area contributed by atoms with Crippen molar-refractivity contribution in [1.29, 1.82) is 0 Å². The molecule has 0 fully saturated rings. The van der Waals surface area contributed by atoms with E-state index in [4.69, 9.17) is 11.6 Å². The predicted octanol–water partition coefficient (Wildman–Crippen LogP) is 4.24. The van der Waals surface area contributed by atoms with Gasteiger partial charge < -0.3 is 10.3 Å². The fourth-order valence-corrected chi connectivity index (χ4v) is 2.23. The average molecular weight is 343 g/mol. The number of imidazole rings is 1. The zero-order valence-electron chi connectivity index (χ0n) is 11.0. The number of aromatic amines is 1. The highest BCUT2D eigenvalue weighted by atomic mass is 79.9. The third kappa shape index (κ3) is 4.06. The van der Waals surface area contributed by atoms with Gasteiger partial charge in [0.2, 0.25) is 0 Å². The van der Waals surface area contributed by atoms with E-state index in [1.165, 1.54) is 0 Å². The van der Waals surface area contributed by atoms with Crippen molar-refractivity contribution in [3.8, 4) is 11.4 Å². The van der Waals surface area contributed by atoms with Gasteiger partial charge in [-0.1, -0.05) is 25.4 Å². The molecule has 2 aromatic rings. The van der Waals surface area contributed by atoms with E-state index >= 15 is 0 Å². The van der Waals surface area contributed by atoms with Crippen LogP contribution in [0.3, 0.4) is 0 Å². The van der Waals surface area contributed by atoms with Gasteiger partial charge in [-0.05, 0) is 46.6 Å². The van der Waals surface area contributed by atoms with Crippen LogP contribution in [0.1, 0.15) is 19.5 Å². The first-order valence-corrected chi connectivity index (χ1v) is 7.43. The van der Waals surface area contributed by atoms with Gasteiger partial charge in [0, 0.05) is 28.5 Å². The van der Waals surface area contributed by atoms with Crippen LogP contribution in [0, 0.1) is 5.92 Å². The molecule has 0 aliphatic heterocycles. The fraction of sp³-hybridized carbons (Fsp3) is 0.357. The molecule has 0 amide bonds. The Hall–Kier alpha value is -0.840. The standard InChI is InChI=1S/C14H17BrClN3/c1-9(2)6-17-7-11-8-18-14(19-11)10-3-4-13(16)12(15)5-10/h3-5,8-9,17H,6-7H2,1-2H3,(H,18,19). The van der Waals surface area contributed by atoms with Crippen LogP contribution in [0.25, 0.3) is 11.4 Å². The Kier molecular flexibility index (Phi) is 5.02. The van der Waals surface area contributed by atoms with E-state index in [0.29, 0.717) is 10.9 Å². The van der Waals surface area contributed by atoms with Crippen molar-refractivity contribution in [3.63, 3.8) is 0 Å². The molecule has 0 saturated carbocycles. The molecule has 0 unspecified atom stereocenters. The summed E-state index contributed by atoms with van der Waals surface area (Å²) >= 11 is 9.41. The second-order valence-electron chi connectivity index (χ2n) is 4.91. The lowest BCUT2D eigenvalue weighted by Gasteiger charge is -2.05. The lowest BCUT2D eigenvalue weighted by atomic mass is 10.2. The molecular weight excluding hydrogens is 326 g/mol. The average Bonchev–Trinajstić information content (AvgIpc) is 2.81. The minimum absolute atomic E-state index is 0.648. The Morgan fingerprint density at radius 2 is 2.21 bits per heavy atom. The van der Waals surface area contributed by atoms with Crippen LogP contribution in [0.15, 0.2) is 28.9 Å². The summed E-state index contributed by atoms with van der Waals surface area (Å²) in [6.45, 7) is 6.19. The van der Waals surface area contributed by atoms with Gasteiger partial charge in [0.15, 0.2) is 0 Å². The van der Waals surface area contributed by atoms with E-state index < -0.39 is 0 Å². The fourth-order valence-electron chi connectivity index (χ4n) is 1.73. The minimum atomic E-state index is 0.648. The number of hydrogen-bond donors (Lipinski definition) is 2.